The van der Waals surface area contributed by atoms with Gasteiger partial charge in [0, 0.05) is 56.4 Å². The molecule has 3 heterocycles. The van der Waals surface area contributed by atoms with Gasteiger partial charge in [-0.1, -0.05) is 0 Å². The number of hydrogen-bond donors (Lipinski definition) is 3. The van der Waals surface area contributed by atoms with Gasteiger partial charge in [-0.2, -0.15) is 5.10 Å². The summed E-state index contributed by atoms with van der Waals surface area (Å²) in [5.41, 5.74) is 2.63. The van der Waals surface area contributed by atoms with Gasteiger partial charge in [-0.05, 0) is 6.92 Å². The van der Waals surface area contributed by atoms with Crippen molar-refractivity contribution < 1.29 is 9.53 Å². The van der Waals surface area contributed by atoms with Crippen molar-refractivity contribution in [2.45, 2.75) is 25.9 Å². The van der Waals surface area contributed by atoms with Crippen molar-refractivity contribution in [1.29, 1.82) is 0 Å². The van der Waals surface area contributed by atoms with Crippen molar-refractivity contribution in [2.75, 3.05) is 39.4 Å². The molecule has 2 aliphatic rings. The number of carbonyl (C=O) groups excluding carboxylic acids is 1. The van der Waals surface area contributed by atoms with Crippen LogP contribution in [0, 0.1) is 0 Å². The molecule has 7 nitrogen and oxygen atoms in total. The number of nitrogens with one attached hydrogen (secondary N) is 3. The Balaban J connectivity index is 0.00000176. The van der Waals surface area contributed by atoms with Crippen LogP contribution in [-0.2, 0) is 17.7 Å². The minimum atomic E-state index is -0.0861. The van der Waals surface area contributed by atoms with E-state index in [9.17, 15) is 4.79 Å². The third kappa shape index (κ3) is 3.98. The molecule has 0 aromatic carbocycles. The largest absolute Gasteiger partial charge is 0.379 e. The van der Waals surface area contributed by atoms with Crippen molar-refractivity contribution in [2.24, 2.45) is 0 Å². The maximum atomic E-state index is 12.4. The summed E-state index contributed by atoms with van der Waals surface area (Å²) in [7, 11) is 0. The lowest BCUT2D eigenvalue weighted by molar-refractivity contribution is 0.0342. The highest BCUT2D eigenvalue weighted by molar-refractivity contribution is 5.94. The normalized spacial score (nSPS) is 19.9. The number of carbonyl (C=O) groups is 1. The van der Waals surface area contributed by atoms with Gasteiger partial charge in [0.05, 0.1) is 13.2 Å². The number of morpholine rings is 1. The van der Waals surface area contributed by atoms with Gasteiger partial charge in [0.15, 0.2) is 5.69 Å². The van der Waals surface area contributed by atoms with Crippen molar-refractivity contribution in [3.05, 3.63) is 17.0 Å². The van der Waals surface area contributed by atoms with E-state index in [4.69, 9.17) is 4.74 Å². The first kappa shape index (κ1) is 17.2. The number of amides is 1. The van der Waals surface area contributed by atoms with Crippen LogP contribution in [0.1, 0.15) is 28.7 Å². The Morgan fingerprint density at radius 1 is 1.45 bits per heavy atom. The van der Waals surface area contributed by atoms with E-state index in [1.165, 1.54) is 0 Å². The zero-order valence-corrected chi connectivity index (χ0v) is 13.7. The Hall–Kier alpha value is -1.15. The second-order valence-electron chi connectivity index (χ2n) is 5.74. The molecule has 124 valence electrons. The van der Waals surface area contributed by atoms with Gasteiger partial charge in [0.1, 0.15) is 0 Å². The summed E-state index contributed by atoms with van der Waals surface area (Å²) in [6.45, 7) is 7.95. The number of aromatic amines is 1. The first-order valence-corrected chi connectivity index (χ1v) is 7.62. The van der Waals surface area contributed by atoms with E-state index >= 15 is 0 Å². The molecule has 22 heavy (non-hydrogen) atoms. The van der Waals surface area contributed by atoms with E-state index in [1.807, 2.05) is 6.92 Å². The Bertz CT molecular complexity index is 501. The van der Waals surface area contributed by atoms with E-state index in [1.54, 1.807) is 0 Å². The summed E-state index contributed by atoms with van der Waals surface area (Å²) in [5, 5.41) is 13.5. The number of H-pyrrole nitrogens is 1. The maximum Gasteiger partial charge on any atom is 0.272 e. The Morgan fingerprint density at radius 2 is 2.23 bits per heavy atom. The zero-order chi connectivity index (χ0) is 14.7. The molecule has 0 saturated carbocycles. The van der Waals surface area contributed by atoms with Crippen LogP contribution in [-0.4, -0.2) is 66.4 Å². The summed E-state index contributed by atoms with van der Waals surface area (Å²) in [5.74, 6) is -0.0861. The summed E-state index contributed by atoms with van der Waals surface area (Å²) in [6.07, 6.45) is 0.902. The quantitative estimate of drug-likeness (QED) is 0.720. The first-order valence-electron chi connectivity index (χ1n) is 7.62. The molecule has 0 radical (unpaired) electrons. The minimum Gasteiger partial charge on any atom is -0.379 e. The standard InChI is InChI=1S/C14H23N5O2.ClH/c1-10(9-19-4-6-21-7-5-19)16-14(20)13-11-8-15-3-2-12(11)17-18-13;/h10,15H,2-9H2,1H3,(H,16,20)(H,17,18);1H. The first-order chi connectivity index (χ1) is 10.2. The van der Waals surface area contributed by atoms with Crippen LogP contribution in [0.5, 0.6) is 0 Å². The average Bonchev–Trinajstić information content (AvgIpc) is 2.92. The highest BCUT2D eigenvalue weighted by Gasteiger charge is 2.23. The van der Waals surface area contributed by atoms with Crippen molar-refractivity contribution in [3.63, 3.8) is 0 Å². The average molecular weight is 330 g/mol. The van der Waals surface area contributed by atoms with Crippen LogP contribution in [0.3, 0.4) is 0 Å². The van der Waals surface area contributed by atoms with Gasteiger partial charge in [-0.15, -0.1) is 12.4 Å². The van der Waals surface area contributed by atoms with Crippen molar-refractivity contribution in [1.82, 2.24) is 25.7 Å². The number of rotatable bonds is 4. The molecule has 1 aromatic heterocycles. The zero-order valence-electron chi connectivity index (χ0n) is 12.9. The van der Waals surface area contributed by atoms with E-state index in [2.05, 4.69) is 25.7 Å². The van der Waals surface area contributed by atoms with E-state index in [0.717, 1.165) is 57.1 Å². The third-order valence-corrected chi connectivity index (χ3v) is 4.03. The number of fused-ring (bicyclic) bond motifs is 1. The predicted octanol–water partition coefficient (Wildman–Crippen LogP) is -0.0723. The van der Waals surface area contributed by atoms with Gasteiger partial charge in [-0.3, -0.25) is 14.8 Å². The van der Waals surface area contributed by atoms with Crippen LogP contribution < -0.4 is 10.6 Å². The molecule has 0 spiro atoms. The Labute approximate surface area is 136 Å². The van der Waals surface area contributed by atoms with Gasteiger partial charge >= 0.3 is 0 Å². The van der Waals surface area contributed by atoms with Crippen molar-refractivity contribution >= 4 is 18.3 Å². The fourth-order valence-corrected chi connectivity index (χ4v) is 2.92. The molecule has 3 N–H and O–H groups in total. The predicted molar refractivity (Wildman–Crippen MR) is 85.4 cm³/mol. The molecule has 2 aliphatic heterocycles. The molecule has 0 bridgehead atoms. The van der Waals surface area contributed by atoms with Crippen LogP contribution >= 0.6 is 12.4 Å². The second-order valence-corrected chi connectivity index (χ2v) is 5.74. The van der Waals surface area contributed by atoms with E-state index < -0.39 is 0 Å². The van der Waals surface area contributed by atoms with Crippen LogP contribution in [0.2, 0.25) is 0 Å². The molecule has 8 heteroatoms. The molecule has 1 saturated heterocycles. The molecular formula is C14H24ClN5O2. The smallest absolute Gasteiger partial charge is 0.272 e. The monoisotopic (exact) mass is 329 g/mol. The molecule has 3 rings (SSSR count). The number of nitrogens with zero attached hydrogens (tertiary/aromatic N) is 2. The number of hydrogen-bond acceptors (Lipinski definition) is 5. The molecule has 1 unspecified atom stereocenters. The summed E-state index contributed by atoms with van der Waals surface area (Å²) >= 11 is 0. The molecule has 1 aromatic rings. The van der Waals surface area contributed by atoms with Gasteiger partial charge in [0.2, 0.25) is 0 Å². The number of aromatic nitrogens is 2. The minimum absolute atomic E-state index is 0. The van der Waals surface area contributed by atoms with Gasteiger partial charge in [-0.25, -0.2) is 0 Å². The third-order valence-electron chi connectivity index (χ3n) is 4.03. The van der Waals surface area contributed by atoms with Gasteiger partial charge in [0.25, 0.3) is 5.91 Å². The van der Waals surface area contributed by atoms with Crippen LogP contribution in [0.4, 0.5) is 0 Å². The SMILES string of the molecule is CC(CN1CCOCC1)NC(=O)c1n[nH]c2c1CNCC2.Cl. The van der Waals surface area contributed by atoms with Gasteiger partial charge < -0.3 is 15.4 Å². The highest BCUT2D eigenvalue weighted by atomic mass is 35.5. The fourth-order valence-electron chi connectivity index (χ4n) is 2.92. The topological polar surface area (TPSA) is 82.3 Å². The maximum absolute atomic E-state index is 12.4. The fraction of sp³-hybridized carbons (Fsp3) is 0.714. The van der Waals surface area contributed by atoms with Crippen LogP contribution in [0.25, 0.3) is 0 Å². The molecule has 0 aliphatic carbocycles. The number of halogens is 1. The molecular weight excluding hydrogens is 306 g/mol. The molecule has 1 fully saturated rings. The lowest BCUT2D eigenvalue weighted by Gasteiger charge is -2.29. The van der Waals surface area contributed by atoms with E-state index in [-0.39, 0.29) is 24.4 Å². The second kappa shape index (κ2) is 7.92. The molecule has 1 atom stereocenters. The summed E-state index contributed by atoms with van der Waals surface area (Å²) in [4.78, 5) is 14.7. The lowest BCUT2D eigenvalue weighted by atomic mass is 10.1. The molecule has 1 amide bonds. The summed E-state index contributed by atoms with van der Waals surface area (Å²) in [6, 6.07) is 0.0968. The lowest BCUT2D eigenvalue weighted by Crippen LogP contribution is -2.46. The van der Waals surface area contributed by atoms with Crippen LogP contribution in [0.15, 0.2) is 0 Å². The highest BCUT2D eigenvalue weighted by Crippen LogP contribution is 2.15. The van der Waals surface area contributed by atoms with Crippen molar-refractivity contribution in [3.8, 4) is 0 Å². The number of ether oxygens (including phenoxy) is 1. The Morgan fingerprint density at radius 3 is 3.00 bits per heavy atom. The summed E-state index contributed by atoms with van der Waals surface area (Å²) < 4.78 is 5.33. The Kier molecular flexibility index (Phi) is 6.19. The van der Waals surface area contributed by atoms with E-state index in [0.29, 0.717) is 12.2 Å².